The summed E-state index contributed by atoms with van der Waals surface area (Å²) in [5, 5.41) is 0. The van der Waals surface area contributed by atoms with Crippen molar-refractivity contribution in [1.29, 1.82) is 0 Å². The van der Waals surface area contributed by atoms with Crippen molar-refractivity contribution in [1.82, 2.24) is 9.62 Å². The molecule has 8 heteroatoms. The Balaban J connectivity index is 1.87. The molecule has 3 rings (SSSR count). The van der Waals surface area contributed by atoms with Gasteiger partial charge in [-0.25, -0.2) is 13.1 Å². The van der Waals surface area contributed by atoms with Crippen molar-refractivity contribution >= 4 is 15.9 Å². The predicted octanol–water partition coefficient (Wildman–Crippen LogP) is 2.32. The van der Waals surface area contributed by atoms with E-state index in [-0.39, 0.29) is 23.4 Å². The highest BCUT2D eigenvalue weighted by Gasteiger charge is 2.29. The van der Waals surface area contributed by atoms with Gasteiger partial charge in [0.15, 0.2) is 0 Å². The third kappa shape index (κ3) is 4.97. The fourth-order valence-corrected chi connectivity index (χ4v) is 4.03. The molecule has 0 spiro atoms. The van der Waals surface area contributed by atoms with Crippen LogP contribution in [0.3, 0.4) is 0 Å². The summed E-state index contributed by atoms with van der Waals surface area (Å²) < 4.78 is 38.1. The Bertz CT molecular complexity index is 889. The van der Waals surface area contributed by atoms with Gasteiger partial charge in [0.05, 0.1) is 24.3 Å². The number of nitrogens with one attached hydrogen (secondary N) is 1. The van der Waals surface area contributed by atoms with Crippen LogP contribution in [0.15, 0.2) is 45.9 Å². The number of carbonyl (C=O) groups is 1. The van der Waals surface area contributed by atoms with Crippen molar-refractivity contribution in [2.24, 2.45) is 0 Å². The summed E-state index contributed by atoms with van der Waals surface area (Å²) in [7, 11) is -2.06. The lowest BCUT2D eigenvalue weighted by atomic mass is 10.1. The van der Waals surface area contributed by atoms with Crippen LogP contribution < -0.4 is 4.72 Å². The summed E-state index contributed by atoms with van der Waals surface area (Å²) in [6, 6.07) is 8.20. The van der Waals surface area contributed by atoms with Gasteiger partial charge in [0.1, 0.15) is 5.76 Å². The zero-order valence-corrected chi connectivity index (χ0v) is 16.3. The van der Waals surface area contributed by atoms with E-state index in [0.717, 1.165) is 12.8 Å². The molecular weight excluding hydrogens is 368 g/mol. The van der Waals surface area contributed by atoms with Gasteiger partial charge in [0, 0.05) is 25.3 Å². The van der Waals surface area contributed by atoms with Crippen LogP contribution in [0, 0.1) is 6.92 Å². The van der Waals surface area contributed by atoms with E-state index in [4.69, 9.17) is 9.15 Å². The molecule has 1 aliphatic rings. The minimum atomic E-state index is -3.63. The molecule has 1 aliphatic carbocycles. The topological polar surface area (TPSA) is 88.8 Å². The molecule has 1 amide bonds. The van der Waals surface area contributed by atoms with Crippen molar-refractivity contribution in [3.8, 4) is 0 Å². The summed E-state index contributed by atoms with van der Waals surface area (Å²) in [6.07, 6.45) is 3.26. The first-order valence-corrected chi connectivity index (χ1v) is 10.3. The quantitative estimate of drug-likeness (QED) is 0.707. The lowest BCUT2D eigenvalue weighted by molar-refractivity contribution is 0.0665. The van der Waals surface area contributed by atoms with Crippen LogP contribution in [0.2, 0.25) is 0 Å². The molecule has 0 atom stereocenters. The lowest BCUT2D eigenvalue weighted by Gasteiger charge is -2.22. The summed E-state index contributed by atoms with van der Waals surface area (Å²) >= 11 is 0. The van der Waals surface area contributed by atoms with Gasteiger partial charge in [-0.2, -0.15) is 0 Å². The Morgan fingerprint density at radius 3 is 2.74 bits per heavy atom. The summed E-state index contributed by atoms with van der Waals surface area (Å²) in [5.41, 5.74) is 1.07. The first kappa shape index (κ1) is 19.6. The third-order valence-electron chi connectivity index (χ3n) is 4.43. The molecule has 0 aliphatic heterocycles. The van der Waals surface area contributed by atoms with Crippen LogP contribution in [-0.4, -0.2) is 45.5 Å². The fraction of sp³-hybridized carbons (Fsp3) is 0.421. The molecule has 1 aromatic carbocycles. The Labute approximate surface area is 159 Å². The maximum Gasteiger partial charge on any atom is 0.254 e. The zero-order valence-electron chi connectivity index (χ0n) is 15.5. The first-order chi connectivity index (χ1) is 12.9. The highest BCUT2D eigenvalue weighted by molar-refractivity contribution is 7.89. The standard InChI is InChI=1S/C19H24N2O5S/c1-14-5-8-17(27(23,24)20-15-6-7-15)12-18(14)19(22)21(9-11-25-2)13-16-4-3-10-26-16/h3-5,8,10,12,15,20H,6-7,9,11,13H2,1-2H3. The maximum absolute atomic E-state index is 13.1. The van der Waals surface area contributed by atoms with Gasteiger partial charge in [-0.05, 0) is 49.6 Å². The largest absolute Gasteiger partial charge is 0.467 e. The number of hydrogen-bond donors (Lipinski definition) is 1. The number of hydrogen-bond acceptors (Lipinski definition) is 5. The van der Waals surface area contributed by atoms with Crippen molar-refractivity contribution in [3.63, 3.8) is 0 Å². The summed E-state index contributed by atoms with van der Waals surface area (Å²) in [6.45, 7) is 2.81. The predicted molar refractivity (Wildman–Crippen MR) is 99.8 cm³/mol. The Kier molecular flexibility index (Phi) is 5.98. The maximum atomic E-state index is 13.1. The zero-order chi connectivity index (χ0) is 19.4. The monoisotopic (exact) mass is 392 g/mol. The number of nitrogens with zero attached hydrogens (tertiary/aromatic N) is 1. The Morgan fingerprint density at radius 1 is 1.33 bits per heavy atom. The van der Waals surface area contributed by atoms with E-state index in [2.05, 4.69) is 4.72 Å². The number of sulfonamides is 1. The molecule has 7 nitrogen and oxygen atoms in total. The van der Waals surface area contributed by atoms with Crippen LogP contribution in [0.5, 0.6) is 0 Å². The highest BCUT2D eigenvalue weighted by Crippen LogP contribution is 2.24. The number of amides is 1. The molecule has 0 bridgehead atoms. The molecule has 1 heterocycles. The minimum absolute atomic E-state index is 0.00704. The normalized spacial score (nSPS) is 14.3. The van der Waals surface area contributed by atoms with Gasteiger partial charge in [-0.3, -0.25) is 4.79 Å². The summed E-state index contributed by atoms with van der Waals surface area (Å²) in [5.74, 6) is 0.390. The molecule has 1 saturated carbocycles. The molecule has 1 fully saturated rings. The van der Waals surface area contributed by atoms with E-state index in [0.29, 0.717) is 30.0 Å². The van der Waals surface area contributed by atoms with Gasteiger partial charge in [-0.1, -0.05) is 6.07 Å². The summed E-state index contributed by atoms with van der Waals surface area (Å²) in [4.78, 5) is 14.8. The van der Waals surface area contributed by atoms with Crippen LogP contribution in [0.25, 0.3) is 0 Å². The SMILES string of the molecule is COCCN(Cc1ccco1)C(=O)c1cc(S(=O)(=O)NC2CC2)ccc1C. The van der Waals surface area contributed by atoms with E-state index in [9.17, 15) is 13.2 Å². The Morgan fingerprint density at radius 2 is 2.11 bits per heavy atom. The lowest BCUT2D eigenvalue weighted by Crippen LogP contribution is -2.34. The number of carbonyl (C=O) groups excluding carboxylic acids is 1. The van der Waals surface area contributed by atoms with Crippen LogP contribution >= 0.6 is 0 Å². The third-order valence-corrected chi connectivity index (χ3v) is 5.95. The molecule has 2 aromatic rings. The number of ether oxygens (including phenoxy) is 1. The van der Waals surface area contributed by atoms with E-state index in [1.807, 2.05) is 0 Å². The first-order valence-electron chi connectivity index (χ1n) is 8.84. The van der Waals surface area contributed by atoms with Crippen molar-refractivity contribution in [2.45, 2.75) is 37.2 Å². The van der Waals surface area contributed by atoms with Crippen molar-refractivity contribution in [3.05, 3.63) is 53.5 Å². The average Bonchev–Trinajstić information content (AvgIpc) is 3.28. The van der Waals surface area contributed by atoms with E-state index in [1.54, 1.807) is 43.4 Å². The second kappa shape index (κ2) is 8.24. The number of rotatable bonds is 9. The van der Waals surface area contributed by atoms with E-state index < -0.39 is 10.0 Å². The molecule has 1 aromatic heterocycles. The van der Waals surface area contributed by atoms with Gasteiger partial charge >= 0.3 is 0 Å². The van der Waals surface area contributed by atoms with Gasteiger partial charge in [-0.15, -0.1) is 0 Å². The highest BCUT2D eigenvalue weighted by atomic mass is 32.2. The minimum Gasteiger partial charge on any atom is -0.467 e. The number of furan rings is 1. The van der Waals surface area contributed by atoms with E-state index >= 15 is 0 Å². The second-order valence-corrected chi connectivity index (χ2v) is 8.39. The van der Waals surface area contributed by atoms with Crippen molar-refractivity contribution in [2.75, 3.05) is 20.3 Å². The average molecular weight is 392 g/mol. The van der Waals surface area contributed by atoms with Crippen LogP contribution in [0.1, 0.15) is 34.5 Å². The molecule has 1 N–H and O–H groups in total. The Hall–Kier alpha value is -2.16. The van der Waals surface area contributed by atoms with Crippen LogP contribution in [0.4, 0.5) is 0 Å². The molecule has 0 radical (unpaired) electrons. The van der Waals surface area contributed by atoms with Gasteiger partial charge < -0.3 is 14.1 Å². The molecule has 146 valence electrons. The van der Waals surface area contributed by atoms with Gasteiger partial charge in [0.2, 0.25) is 10.0 Å². The van der Waals surface area contributed by atoms with Gasteiger partial charge in [0.25, 0.3) is 5.91 Å². The van der Waals surface area contributed by atoms with Crippen molar-refractivity contribution < 1.29 is 22.4 Å². The second-order valence-electron chi connectivity index (χ2n) is 6.67. The fourth-order valence-electron chi connectivity index (χ4n) is 2.70. The van der Waals surface area contributed by atoms with E-state index in [1.165, 1.54) is 12.1 Å². The smallest absolute Gasteiger partial charge is 0.254 e. The molecule has 0 unspecified atom stereocenters. The molecule has 27 heavy (non-hydrogen) atoms. The molecule has 0 saturated heterocycles. The molecular formula is C19H24N2O5S. The number of methoxy groups -OCH3 is 1. The number of benzene rings is 1. The van der Waals surface area contributed by atoms with Crippen LogP contribution in [-0.2, 0) is 21.3 Å². The number of aryl methyl sites for hydroxylation is 1.